The van der Waals surface area contributed by atoms with E-state index in [1.165, 1.54) is 19.2 Å². The Kier molecular flexibility index (Phi) is 5.03. The number of ether oxygens (including phenoxy) is 1. The first-order chi connectivity index (χ1) is 12.6. The van der Waals surface area contributed by atoms with E-state index < -0.39 is 27.1 Å². The van der Waals surface area contributed by atoms with Crippen LogP contribution in [0.15, 0.2) is 35.2 Å². The largest absolute Gasteiger partial charge is 0.495 e. The van der Waals surface area contributed by atoms with Crippen molar-refractivity contribution in [1.82, 2.24) is 4.72 Å². The van der Waals surface area contributed by atoms with Crippen LogP contribution in [-0.2, 0) is 15.4 Å². The summed E-state index contributed by atoms with van der Waals surface area (Å²) < 4.78 is 61.1. The zero-order valence-corrected chi connectivity index (χ0v) is 16.6. The molecule has 1 saturated carbocycles. The third-order valence-electron chi connectivity index (χ3n) is 5.57. The molecule has 0 saturated heterocycles. The molecule has 0 heterocycles. The molecule has 1 aliphatic rings. The summed E-state index contributed by atoms with van der Waals surface area (Å²) in [5, 5.41) is 0. The van der Waals surface area contributed by atoms with Crippen molar-refractivity contribution >= 4 is 10.0 Å². The van der Waals surface area contributed by atoms with E-state index in [0.717, 1.165) is 17.2 Å². The molecule has 3 rings (SSSR count). The second-order valence-electron chi connectivity index (χ2n) is 7.30. The van der Waals surface area contributed by atoms with Gasteiger partial charge in [0.05, 0.1) is 7.11 Å². The highest BCUT2D eigenvalue weighted by Crippen LogP contribution is 2.54. The van der Waals surface area contributed by atoms with Gasteiger partial charge in [-0.05, 0) is 61.1 Å². The molecule has 0 aliphatic heterocycles. The molecule has 1 N–H and O–H groups in total. The minimum absolute atomic E-state index is 0.0368. The van der Waals surface area contributed by atoms with Crippen molar-refractivity contribution in [3.63, 3.8) is 0 Å². The molecule has 1 aliphatic carbocycles. The number of aryl methyl sites for hydroxylation is 2. The van der Waals surface area contributed by atoms with E-state index >= 15 is 0 Å². The van der Waals surface area contributed by atoms with Gasteiger partial charge in [0.2, 0.25) is 10.0 Å². The molecule has 0 amide bonds. The van der Waals surface area contributed by atoms with Gasteiger partial charge in [-0.25, -0.2) is 21.9 Å². The molecule has 0 bridgehead atoms. The standard InChI is InChI=1S/C20H23F2NO3S/c1-12-7-18(26-4)19(8-13(12)2)27(24,25)23-11-20(10-14(20)3)16-6-5-15(21)9-17(16)22/h5-9,14,23H,10-11H2,1-4H3. The van der Waals surface area contributed by atoms with Crippen molar-refractivity contribution in [2.24, 2.45) is 5.92 Å². The molecule has 0 radical (unpaired) electrons. The zero-order valence-electron chi connectivity index (χ0n) is 15.8. The summed E-state index contributed by atoms with van der Waals surface area (Å²) in [5.41, 5.74) is 1.42. The van der Waals surface area contributed by atoms with Crippen molar-refractivity contribution in [2.75, 3.05) is 13.7 Å². The quantitative estimate of drug-likeness (QED) is 0.808. The number of benzene rings is 2. The lowest BCUT2D eigenvalue weighted by Gasteiger charge is -2.20. The van der Waals surface area contributed by atoms with E-state index in [4.69, 9.17) is 4.74 Å². The third-order valence-corrected chi connectivity index (χ3v) is 6.99. The Balaban J connectivity index is 1.90. The highest BCUT2D eigenvalue weighted by molar-refractivity contribution is 7.89. The van der Waals surface area contributed by atoms with Crippen LogP contribution in [0, 0.1) is 31.4 Å². The smallest absolute Gasteiger partial charge is 0.244 e. The number of hydrogen-bond donors (Lipinski definition) is 1. The van der Waals surface area contributed by atoms with E-state index in [-0.39, 0.29) is 23.1 Å². The molecule has 7 heteroatoms. The number of methoxy groups -OCH3 is 1. The average Bonchev–Trinajstić information content (AvgIpc) is 3.26. The molecule has 2 unspecified atom stereocenters. The van der Waals surface area contributed by atoms with Crippen LogP contribution in [0.5, 0.6) is 5.75 Å². The molecule has 0 aromatic heterocycles. The first-order valence-electron chi connectivity index (χ1n) is 8.71. The molecule has 2 aromatic carbocycles. The molecule has 0 spiro atoms. The molecule has 4 nitrogen and oxygen atoms in total. The summed E-state index contributed by atoms with van der Waals surface area (Å²) in [6.07, 6.45) is 0.627. The highest BCUT2D eigenvalue weighted by atomic mass is 32.2. The van der Waals surface area contributed by atoms with Crippen molar-refractivity contribution in [2.45, 2.75) is 37.5 Å². The predicted molar refractivity (Wildman–Crippen MR) is 99.5 cm³/mol. The lowest BCUT2D eigenvalue weighted by molar-refractivity contribution is 0.401. The molecular weight excluding hydrogens is 372 g/mol. The van der Waals surface area contributed by atoms with Gasteiger partial charge in [0.15, 0.2) is 0 Å². The second-order valence-corrected chi connectivity index (χ2v) is 9.03. The van der Waals surface area contributed by atoms with Gasteiger partial charge in [-0.3, -0.25) is 0 Å². The van der Waals surface area contributed by atoms with Gasteiger partial charge in [-0.15, -0.1) is 0 Å². The van der Waals surface area contributed by atoms with Crippen LogP contribution in [0.25, 0.3) is 0 Å². The average molecular weight is 395 g/mol. The van der Waals surface area contributed by atoms with Gasteiger partial charge in [-0.1, -0.05) is 13.0 Å². The summed E-state index contributed by atoms with van der Waals surface area (Å²) in [5.74, 6) is -0.958. The summed E-state index contributed by atoms with van der Waals surface area (Å²) in [7, 11) is -2.44. The van der Waals surface area contributed by atoms with E-state index in [2.05, 4.69) is 4.72 Å². The normalized spacial score (nSPS) is 21.9. The molecule has 1 fully saturated rings. The number of nitrogens with one attached hydrogen (secondary N) is 1. The van der Waals surface area contributed by atoms with Crippen LogP contribution in [0.4, 0.5) is 8.78 Å². The maximum atomic E-state index is 14.3. The predicted octanol–water partition coefficient (Wildman–Crippen LogP) is 3.85. The fourth-order valence-corrected chi connectivity index (χ4v) is 4.87. The van der Waals surface area contributed by atoms with Gasteiger partial charge < -0.3 is 4.74 Å². The maximum Gasteiger partial charge on any atom is 0.244 e. The van der Waals surface area contributed by atoms with E-state index in [1.54, 1.807) is 12.1 Å². The van der Waals surface area contributed by atoms with Gasteiger partial charge in [0.1, 0.15) is 22.3 Å². The van der Waals surface area contributed by atoms with Crippen LogP contribution in [0.3, 0.4) is 0 Å². The second kappa shape index (κ2) is 6.87. The van der Waals surface area contributed by atoms with Crippen molar-refractivity contribution in [3.8, 4) is 5.75 Å². The topological polar surface area (TPSA) is 55.4 Å². The van der Waals surface area contributed by atoms with E-state index in [1.807, 2.05) is 20.8 Å². The van der Waals surface area contributed by atoms with Crippen LogP contribution < -0.4 is 9.46 Å². The summed E-state index contributed by atoms with van der Waals surface area (Å²) in [4.78, 5) is 0.0520. The maximum absolute atomic E-state index is 14.3. The Morgan fingerprint density at radius 2 is 1.81 bits per heavy atom. The molecule has 146 valence electrons. The molecule has 27 heavy (non-hydrogen) atoms. The monoisotopic (exact) mass is 395 g/mol. The third kappa shape index (κ3) is 3.58. The molecule has 2 aromatic rings. The van der Waals surface area contributed by atoms with Gasteiger partial charge in [-0.2, -0.15) is 0 Å². The number of rotatable bonds is 6. The van der Waals surface area contributed by atoms with Crippen molar-refractivity contribution in [1.29, 1.82) is 0 Å². The van der Waals surface area contributed by atoms with Gasteiger partial charge in [0.25, 0.3) is 0 Å². The van der Waals surface area contributed by atoms with Crippen LogP contribution >= 0.6 is 0 Å². The summed E-state index contributed by atoms with van der Waals surface area (Å²) in [6.45, 7) is 5.66. The zero-order chi connectivity index (χ0) is 20.0. The number of hydrogen-bond acceptors (Lipinski definition) is 3. The van der Waals surface area contributed by atoms with Crippen LogP contribution in [0.1, 0.15) is 30.0 Å². The number of halogens is 2. The molecule has 2 atom stereocenters. The Hall–Kier alpha value is -1.99. The minimum atomic E-state index is -3.86. The van der Waals surface area contributed by atoms with Crippen LogP contribution in [0.2, 0.25) is 0 Å². The summed E-state index contributed by atoms with van der Waals surface area (Å²) in [6, 6.07) is 6.69. The molecular formula is C20H23F2NO3S. The Bertz CT molecular complexity index is 991. The van der Waals surface area contributed by atoms with E-state index in [0.29, 0.717) is 12.0 Å². The first-order valence-corrected chi connectivity index (χ1v) is 10.2. The van der Waals surface area contributed by atoms with Crippen LogP contribution in [-0.4, -0.2) is 22.1 Å². The van der Waals surface area contributed by atoms with Crippen molar-refractivity contribution < 1.29 is 21.9 Å². The van der Waals surface area contributed by atoms with Gasteiger partial charge >= 0.3 is 0 Å². The Morgan fingerprint density at radius 3 is 2.37 bits per heavy atom. The fourth-order valence-electron chi connectivity index (χ4n) is 3.53. The van der Waals surface area contributed by atoms with Crippen molar-refractivity contribution in [3.05, 3.63) is 58.7 Å². The van der Waals surface area contributed by atoms with E-state index in [9.17, 15) is 17.2 Å². The lowest BCUT2D eigenvalue weighted by Crippen LogP contribution is -2.34. The fraction of sp³-hybridized carbons (Fsp3) is 0.400. The first kappa shape index (κ1) is 19.8. The lowest BCUT2D eigenvalue weighted by atomic mass is 9.93. The van der Waals surface area contributed by atoms with Gasteiger partial charge in [0, 0.05) is 18.0 Å². The Labute approximate surface area is 158 Å². The number of sulfonamides is 1. The highest BCUT2D eigenvalue weighted by Gasteiger charge is 2.54. The SMILES string of the molecule is COc1cc(C)c(C)cc1S(=O)(=O)NCC1(c2ccc(F)cc2F)CC1C. The Morgan fingerprint density at radius 1 is 1.19 bits per heavy atom. The summed E-state index contributed by atoms with van der Waals surface area (Å²) >= 11 is 0. The minimum Gasteiger partial charge on any atom is -0.495 e.